The zero-order valence-electron chi connectivity index (χ0n) is 18.5. The van der Waals surface area contributed by atoms with Crippen molar-refractivity contribution in [3.8, 4) is 0 Å². The molecule has 0 radical (unpaired) electrons. The van der Waals surface area contributed by atoms with E-state index in [1.807, 2.05) is 11.0 Å². The quantitative estimate of drug-likeness (QED) is 0.423. The highest BCUT2D eigenvalue weighted by Crippen LogP contribution is 2.34. The third-order valence-electron chi connectivity index (χ3n) is 6.46. The molecule has 2 aromatic carbocycles. The predicted molar refractivity (Wildman–Crippen MR) is 124 cm³/mol. The molecule has 158 valence electrons. The molecule has 3 aromatic rings. The number of nitrogens with zero attached hydrogens (tertiary/aromatic N) is 3. The third-order valence-corrected chi connectivity index (χ3v) is 6.46. The van der Waals surface area contributed by atoms with Crippen LogP contribution >= 0.6 is 0 Å². The van der Waals surface area contributed by atoms with E-state index in [9.17, 15) is 4.79 Å². The molecular weight excluding hydrogens is 370 g/mol. The van der Waals surface area contributed by atoms with Crippen LogP contribution in [-0.2, 0) is 11.3 Å². The minimum Gasteiger partial charge on any atom is -0.328 e. The minimum absolute atomic E-state index is 0.141. The molecular formula is C26H33N3O. The van der Waals surface area contributed by atoms with Crippen molar-refractivity contribution >= 4 is 22.6 Å². The lowest BCUT2D eigenvalue weighted by molar-refractivity contribution is -0.117. The van der Waals surface area contributed by atoms with Crippen molar-refractivity contribution in [2.45, 2.75) is 71.8 Å². The Morgan fingerprint density at radius 3 is 2.60 bits per heavy atom. The van der Waals surface area contributed by atoms with Crippen LogP contribution in [0.4, 0.5) is 5.69 Å². The fourth-order valence-corrected chi connectivity index (χ4v) is 4.54. The van der Waals surface area contributed by atoms with Crippen LogP contribution in [0.2, 0.25) is 0 Å². The van der Waals surface area contributed by atoms with Gasteiger partial charge in [0.2, 0.25) is 5.91 Å². The second kappa shape index (κ2) is 9.03. The van der Waals surface area contributed by atoms with Crippen molar-refractivity contribution in [2.24, 2.45) is 0 Å². The standard InChI is InChI=1S/C26H33N3O/c1-4-5-6-7-10-15-28-24-12-9-8-11-23(24)27-26(28)21-17-25(30)29(18-21)22-14-13-19(2)20(3)16-22/h8-9,11-14,16,21H,4-7,10,15,17-18H2,1-3H3. The molecule has 2 heterocycles. The molecule has 4 heteroatoms. The molecule has 0 bridgehead atoms. The van der Waals surface area contributed by atoms with Crippen molar-refractivity contribution in [2.75, 3.05) is 11.4 Å². The van der Waals surface area contributed by atoms with Gasteiger partial charge in [-0.1, -0.05) is 50.8 Å². The monoisotopic (exact) mass is 403 g/mol. The van der Waals surface area contributed by atoms with E-state index in [0.29, 0.717) is 13.0 Å². The maximum atomic E-state index is 12.9. The van der Waals surface area contributed by atoms with E-state index in [2.05, 4.69) is 61.7 Å². The molecule has 1 fully saturated rings. The topological polar surface area (TPSA) is 38.1 Å². The number of imidazole rings is 1. The molecule has 4 rings (SSSR count). The number of hydrogen-bond donors (Lipinski definition) is 0. The minimum atomic E-state index is 0.141. The summed E-state index contributed by atoms with van der Waals surface area (Å²) < 4.78 is 2.38. The maximum absolute atomic E-state index is 12.9. The summed E-state index contributed by atoms with van der Waals surface area (Å²) >= 11 is 0. The number of fused-ring (bicyclic) bond motifs is 1. The van der Waals surface area contributed by atoms with Crippen LogP contribution in [0.15, 0.2) is 42.5 Å². The lowest BCUT2D eigenvalue weighted by atomic mass is 10.1. The first-order chi connectivity index (χ1) is 14.6. The van der Waals surface area contributed by atoms with Gasteiger partial charge >= 0.3 is 0 Å². The Morgan fingerprint density at radius 1 is 1.00 bits per heavy atom. The zero-order valence-corrected chi connectivity index (χ0v) is 18.5. The van der Waals surface area contributed by atoms with Gasteiger partial charge in [-0.15, -0.1) is 0 Å². The molecule has 0 aliphatic carbocycles. The van der Waals surface area contributed by atoms with Crippen LogP contribution in [0, 0.1) is 13.8 Å². The van der Waals surface area contributed by atoms with Gasteiger partial charge in [-0.05, 0) is 55.7 Å². The number of para-hydroxylation sites is 2. The number of carbonyl (C=O) groups excluding carboxylic acids is 1. The number of benzene rings is 2. The first-order valence-corrected chi connectivity index (χ1v) is 11.4. The third kappa shape index (κ3) is 4.14. The second-order valence-corrected chi connectivity index (χ2v) is 8.70. The normalized spacial score (nSPS) is 16.7. The highest BCUT2D eigenvalue weighted by atomic mass is 16.2. The van der Waals surface area contributed by atoms with E-state index < -0.39 is 0 Å². The van der Waals surface area contributed by atoms with Crippen molar-refractivity contribution in [3.63, 3.8) is 0 Å². The van der Waals surface area contributed by atoms with Crippen molar-refractivity contribution in [1.29, 1.82) is 0 Å². The van der Waals surface area contributed by atoms with Crippen molar-refractivity contribution < 1.29 is 4.79 Å². The lowest BCUT2D eigenvalue weighted by Crippen LogP contribution is -2.24. The van der Waals surface area contributed by atoms with Gasteiger partial charge in [-0.3, -0.25) is 4.79 Å². The molecule has 1 amide bonds. The number of carbonyl (C=O) groups is 1. The molecule has 1 atom stereocenters. The van der Waals surface area contributed by atoms with E-state index >= 15 is 0 Å². The van der Waals surface area contributed by atoms with E-state index in [-0.39, 0.29) is 11.8 Å². The summed E-state index contributed by atoms with van der Waals surface area (Å²) in [6.07, 6.45) is 6.80. The Kier molecular flexibility index (Phi) is 6.21. The molecule has 4 nitrogen and oxygen atoms in total. The molecule has 0 N–H and O–H groups in total. The highest BCUT2D eigenvalue weighted by Gasteiger charge is 2.34. The summed E-state index contributed by atoms with van der Waals surface area (Å²) in [5.74, 6) is 1.42. The largest absolute Gasteiger partial charge is 0.328 e. The smallest absolute Gasteiger partial charge is 0.227 e. The Hall–Kier alpha value is -2.62. The fourth-order valence-electron chi connectivity index (χ4n) is 4.54. The van der Waals surface area contributed by atoms with Gasteiger partial charge in [0, 0.05) is 31.1 Å². The van der Waals surface area contributed by atoms with Crippen LogP contribution in [0.25, 0.3) is 11.0 Å². The van der Waals surface area contributed by atoms with Gasteiger partial charge in [-0.25, -0.2) is 4.98 Å². The molecule has 1 aliphatic rings. The van der Waals surface area contributed by atoms with Gasteiger partial charge in [0.15, 0.2) is 0 Å². The van der Waals surface area contributed by atoms with Gasteiger partial charge in [-0.2, -0.15) is 0 Å². The number of aromatic nitrogens is 2. The number of hydrogen-bond acceptors (Lipinski definition) is 2. The van der Waals surface area contributed by atoms with Gasteiger partial charge in [0.25, 0.3) is 0 Å². The summed E-state index contributed by atoms with van der Waals surface area (Å²) in [4.78, 5) is 19.8. The highest BCUT2D eigenvalue weighted by molar-refractivity contribution is 5.96. The summed E-state index contributed by atoms with van der Waals surface area (Å²) in [6, 6.07) is 14.7. The molecule has 0 saturated carbocycles. The van der Waals surface area contributed by atoms with Crippen molar-refractivity contribution in [3.05, 3.63) is 59.4 Å². The first kappa shape index (κ1) is 20.6. The summed E-state index contributed by atoms with van der Waals surface area (Å²) in [6.45, 7) is 8.15. The van der Waals surface area contributed by atoms with Crippen LogP contribution in [-0.4, -0.2) is 22.0 Å². The molecule has 1 aliphatic heterocycles. The zero-order chi connectivity index (χ0) is 21.1. The fraction of sp³-hybridized carbons (Fsp3) is 0.462. The van der Waals surface area contributed by atoms with E-state index in [4.69, 9.17) is 4.98 Å². The van der Waals surface area contributed by atoms with Crippen molar-refractivity contribution in [1.82, 2.24) is 9.55 Å². The second-order valence-electron chi connectivity index (χ2n) is 8.70. The van der Waals surface area contributed by atoms with Gasteiger partial charge in [0.05, 0.1) is 11.0 Å². The number of amides is 1. The maximum Gasteiger partial charge on any atom is 0.227 e. The Balaban J connectivity index is 1.58. The number of anilines is 1. The summed E-state index contributed by atoms with van der Waals surface area (Å²) in [7, 11) is 0. The van der Waals surface area contributed by atoms with E-state index in [1.54, 1.807) is 0 Å². The molecule has 1 saturated heterocycles. The average molecular weight is 404 g/mol. The molecule has 1 unspecified atom stereocenters. The average Bonchev–Trinajstić information content (AvgIpc) is 3.30. The van der Waals surface area contributed by atoms with Gasteiger partial charge < -0.3 is 9.47 Å². The first-order valence-electron chi connectivity index (χ1n) is 11.4. The van der Waals surface area contributed by atoms with E-state index in [1.165, 1.54) is 42.3 Å². The van der Waals surface area contributed by atoms with E-state index in [0.717, 1.165) is 30.0 Å². The van der Waals surface area contributed by atoms with Crippen LogP contribution in [0.5, 0.6) is 0 Å². The molecule has 0 spiro atoms. The van der Waals surface area contributed by atoms with Crippen LogP contribution < -0.4 is 4.90 Å². The summed E-state index contributed by atoms with van der Waals surface area (Å²) in [5.41, 5.74) is 5.72. The van der Waals surface area contributed by atoms with Crippen LogP contribution in [0.3, 0.4) is 0 Å². The van der Waals surface area contributed by atoms with Gasteiger partial charge in [0.1, 0.15) is 5.82 Å². The van der Waals surface area contributed by atoms with Crippen LogP contribution in [0.1, 0.15) is 68.3 Å². The number of aryl methyl sites for hydroxylation is 3. The predicted octanol–water partition coefficient (Wildman–Crippen LogP) is 6.14. The Bertz CT molecular complexity index is 1040. The SMILES string of the molecule is CCCCCCCn1c(C2CC(=O)N(c3ccc(C)c(C)c3)C2)nc2ccccc21. The lowest BCUT2D eigenvalue weighted by Gasteiger charge is -2.18. The number of unbranched alkanes of at least 4 members (excludes halogenated alkanes) is 4. The Morgan fingerprint density at radius 2 is 1.80 bits per heavy atom. The molecule has 30 heavy (non-hydrogen) atoms. The number of rotatable bonds is 8. The molecule has 1 aromatic heterocycles. The summed E-state index contributed by atoms with van der Waals surface area (Å²) in [5, 5.41) is 0. The Labute approximate surface area is 179 Å².